The van der Waals surface area contributed by atoms with Crippen LogP contribution in [0.4, 0.5) is 5.69 Å². The van der Waals surface area contributed by atoms with E-state index >= 15 is 0 Å². The molecule has 0 fully saturated rings. The molecule has 4 nitrogen and oxygen atoms in total. The smallest absolute Gasteiger partial charge is 0.220 e. The molecule has 0 aliphatic rings. The number of anilines is 1. The van der Waals surface area contributed by atoms with E-state index in [2.05, 4.69) is 36.2 Å². The first kappa shape index (κ1) is 17.5. The Morgan fingerprint density at radius 1 is 1.24 bits per heavy atom. The van der Waals surface area contributed by atoms with Gasteiger partial charge in [0, 0.05) is 32.2 Å². The third-order valence-electron chi connectivity index (χ3n) is 3.82. The van der Waals surface area contributed by atoms with E-state index in [1.807, 2.05) is 25.2 Å². The Hall–Kier alpha value is -1.55. The van der Waals surface area contributed by atoms with E-state index < -0.39 is 0 Å². The summed E-state index contributed by atoms with van der Waals surface area (Å²) in [7, 11) is 2.03. The van der Waals surface area contributed by atoms with E-state index in [1.165, 1.54) is 0 Å². The van der Waals surface area contributed by atoms with Crippen molar-refractivity contribution in [3.05, 3.63) is 30.3 Å². The van der Waals surface area contributed by atoms with Gasteiger partial charge < -0.3 is 16.0 Å². The van der Waals surface area contributed by atoms with Gasteiger partial charge in [-0.2, -0.15) is 0 Å². The Morgan fingerprint density at radius 2 is 1.90 bits per heavy atom. The molecular formula is C17H29N3O. The van der Waals surface area contributed by atoms with Crippen molar-refractivity contribution in [3.8, 4) is 0 Å². The standard InChI is InChI=1S/C17H29N3O/c1-17(2,11-12-18)10-9-16(21)19-13-14-20(3)15-7-5-4-6-8-15/h4-8H,9-14,18H2,1-3H3,(H,19,21). The van der Waals surface area contributed by atoms with E-state index in [9.17, 15) is 4.79 Å². The topological polar surface area (TPSA) is 58.4 Å². The van der Waals surface area contributed by atoms with Crippen LogP contribution < -0.4 is 16.0 Å². The summed E-state index contributed by atoms with van der Waals surface area (Å²) < 4.78 is 0. The van der Waals surface area contributed by atoms with Gasteiger partial charge in [-0.25, -0.2) is 0 Å². The minimum Gasteiger partial charge on any atom is -0.373 e. The number of nitrogens with two attached hydrogens (primary N) is 1. The van der Waals surface area contributed by atoms with Crippen LogP contribution >= 0.6 is 0 Å². The molecule has 0 unspecified atom stereocenters. The van der Waals surface area contributed by atoms with Crippen LogP contribution in [0, 0.1) is 5.41 Å². The van der Waals surface area contributed by atoms with E-state index in [-0.39, 0.29) is 11.3 Å². The van der Waals surface area contributed by atoms with Crippen LogP contribution in [0.2, 0.25) is 0 Å². The fourth-order valence-electron chi connectivity index (χ4n) is 2.23. The molecule has 3 N–H and O–H groups in total. The number of amides is 1. The number of nitrogens with zero attached hydrogens (tertiary/aromatic N) is 1. The monoisotopic (exact) mass is 291 g/mol. The van der Waals surface area contributed by atoms with Crippen LogP contribution in [0.3, 0.4) is 0 Å². The molecular weight excluding hydrogens is 262 g/mol. The number of likely N-dealkylation sites (N-methyl/N-ethyl adjacent to an activating group) is 1. The van der Waals surface area contributed by atoms with Crippen molar-refractivity contribution in [3.63, 3.8) is 0 Å². The molecule has 1 aromatic rings. The lowest BCUT2D eigenvalue weighted by Gasteiger charge is -2.23. The third-order valence-corrected chi connectivity index (χ3v) is 3.82. The van der Waals surface area contributed by atoms with E-state index in [4.69, 9.17) is 5.73 Å². The van der Waals surface area contributed by atoms with Gasteiger partial charge in [0.1, 0.15) is 0 Å². The number of hydrogen-bond acceptors (Lipinski definition) is 3. The number of hydrogen-bond donors (Lipinski definition) is 2. The molecule has 0 atom stereocenters. The maximum Gasteiger partial charge on any atom is 0.220 e. The Bertz CT molecular complexity index is 417. The van der Waals surface area contributed by atoms with Gasteiger partial charge >= 0.3 is 0 Å². The van der Waals surface area contributed by atoms with E-state index in [0.717, 1.165) is 25.1 Å². The lowest BCUT2D eigenvalue weighted by atomic mass is 9.84. The van der Waals surface area contributed by atoms with Gasteiger partial charge in [0.05, 0.1) is 0 Å². The van der Waals surface area contributed by atoms with Crippen molar-refractivity contribution in [1.82, 2.24) is 5.32 Å². The summed E-state index contributed by atoms with van der Waals surface area (Å²) in [5.74, 6) is 0.126. The van der Waals surface area contributed by atoms with Gasteiger partial charge in [0.2, 0.25) is 5.91 Å². The van der Waals surface area contributed by atoms with Crippen LogP contribution in [-0.2, 0) is 4.79 Å². The maximum absolute atomic E-state index is 11.9. The average Bonchev–Trinajstić information content (AvgIpc) is 2.46. The van der Waals surface area contributed by atoms with Crippen molar-refractivity contribution < 1.29 is 4.79 Å². The van der Waals surface area contributed by atoms with Crippen molar-refractivity contribution in [2.45, 2.75) is 33.1 Å². The van der Waals surface area contributed by atoms with Crippen molar-refractivity contribution in [1.29, 1.82) is 0 Å². The average molecular weight is 291 g/mol. The molecule has 4 heteroatoms. The minimum absolute atomic E-state index is 0.126. The van der Waals surface area contributed by atoms with Crippen LogP contribution in [-0.4, -0.2) is 32.6 Å². The van der Waals surface area contributed by atoms with Crippen LogP contribution in [0.15, 0.2) is 30.3 Å². The number of carbonyl (C=O) groups is 1. The molecule has 1 rings (SSSR count). The SMILES string of the molecule is CN(CCNC(=O)CCC(C)(C)CCN)c1ccccc1. The molecule has 0 aliphatic heterocycles. The highest BCUT2D eigenvalue weighted by atomic mass is 16.1. The Kier molecular flexibility index (Phi) is 7.23. The van der Waals surface area contributed by atoms with Gasteiger partial charge in [0.15, 0.2) is 0 Å². The predicted octanol–water partition coefficient (Wildman–Crippen LogP) is 2.39. The highest BCUT2D eigenvalue weighted by molar-refractivity contribution is 5.75. The molecule has 0 bridgehead atoms. The fourth-order valence-corrected chi connectivity index (χ4v) is 2.23. The van der Waals surface area contributed by atoms with E-state index in [1.54, 1.807) is 0 Å². The first-order valence-corrected chi connectivity index (χ1v) is 7.67. The molecule has 118 valence electrons. The number of carbonyl (C=O) groups excluding carboxylic acids is 1. The summed E-state index contributed by atoms with van der Waals surface area (Å²) in [6.45, 7) is 6.48. The number of benzene rings is 1. The largest absolute Gasteiger partial charge is 0.373 e. The minimum atomic E-state index is 0.126. The molecule has 0 saturated heterocycles. The van der Waals surface area contributed by atoms with Crippen LogP contribution in [0.1, 0.15) is 33.1 Å². The van der Waals surface area contributed by atoms with E-state index in [0.29, 0.717) is 19.5 Å². The normalized spacial score (nSPS) is 11.2. The number of nitrogens with one attached hydrogen (secondary N) is 1. The molecule has 0 spiro atoms. The Labute approximate surface area is 128 Å². The van der Waals surface area contributed by atoms with Gasteiger partial charge in [-0.15, -0.1) is 0 Å². The Morgan fingerprint density at radius 3 is 2.52 bits per heavy atom. The van der Waals surface area contributed by atoms with Crippen molar-refractivity contribution in [2.24, 2.45) is 11.1 Å². The molecule has 1 aromatic carbocycles. The van der Waals surface area contributed by atoms with Crippen molar-refractivity contribution >= 4 is 11.6 Å². The molecule has 0 aromatic heterocycles. The summed E-state index contributed by atoms with van der Waals surface area (Å²) in [5, 5.41) is 2.99. The second-order valence-electron chi connectivity index (χ2n) is 6.31. The van der Waals surface area contributed by atoms with Crippen LogP contribution in [0.25, 0.3) is 0 Å². The molecule has 0 saturated carbocycles. The molecule has 0 aliphatic carbocycles. The molecule has 0 radical (unpaired) electrons. The Balaban J connectivity index is 2.22. The lowest BCUT2D eigenvalue weighted by Crippen LogP contribution is -2.33. The summed E-state index contributed by atoms with van der Waals surface area (Å²) in [6, 6.07) is 10.2. The number of para-hydroxylation sites is 1. The zero-order chi connectivity index (χ0) is 15.7. The molecule has 21 heavy (non-hydrogen) atoms. The van der Waals surface area contributed by atoms with Gasteiger partial charge in [0.25, 0.3) is 0 Å². The van der Waals surface area contributed by atoms with Gasteiger partial charge in [-0.1, -0.05) is 32.0 Å². The zero-order valence-corrected chi connectivity index (χ0v) is 13.6. The van der Waals surface area contributed by atoms with Crippen molar-refractivity contribution in [2.75, 3.05) is 31.6 Å². The summed E-state index contributed by atoms with van der Waals surface area (Å²) in [5.41, 5.74) is 6.89. The second-order valence-corrected chi connectivity index (χ2v) is 6.31. The van der Waals surface area contributed by atoms with Crippen LogP contribution in [0.5, 0.6) is 0 Å². The van der Waals surface area contributed by atoms with Gasteiger partial charge in [-0.05, 0) is 36.9 Å². The summed E-state index contributed by atoms with van der Waals surface area (Å²) >= 11 is 0. The quantitative estimate of drug-likeness (QED) is 0.734. The number of rotatable bonds is 9. The summed E-state index contributed by atoms with van der Waals surface area (Å²) in [4.78, 5) is 14.0. The maximum atomic E-state index is 11.9. The molecule has 1 amide bonds. The third kappa shape index (κ3) is 7.14. The zero-order valence-electron chi connectivity index (χ0n) is 13.6. The molecule has 0 heterocycles. The fraction of sp³-hybridized carbons (Fsp3) is 0.588. The second kappa shape index (κ2) is 8.67. The highest BCUT2D eigenvalue weighted by Gasteiger charge is 2.18. The van der Waals surface area contributed by atoms with Gasteiger partial charge in [-0.3, -0.25) is 4.79 Å². The first-order valence-electron chi connectivity index (χ1n) is 7.67. The predicted molar refractivity (Wildman–Crippen MR) is 89.4 cm³/mol. The lowest BCUT2D eigenvalue weighted by molar-refractivity contribution is -0.121. The summed E-state index contributed by atoms with van der Waals surface area (Å²) in [6.07, 6.45) is 2.41. The first-order chi connectivity index (χ1) is 9.94. The highest BCUT2D eigenvalue weighted by Crippen LogP contribution is 2.25.